The number of hydrogen-bond acceptors (Lipinski definition) is 10. The number of methoxy groups -OCH3 is 1. The maximum absolute atomic E-state index is 11.9. The van der Waals surface area contributed by atoms with Crippen LogP contribution < -0.4 is 19.5 Å². The fraction of sp³-hybridized carbons (Fsp3) is 0.342. The van der Waals surface area contributed by atoms with Crippen molar-refractivity contribution in [3.8, 4) is 17.2 Å². The third kappa shape index (κ3) is 7.67. The van der Waals surface area contributed by atoms with Gasteiger partial charge in [-0.15, -0.1) is 6.58 Å². The van der Waals surface area contributed by atoms with E-state index in [-0.39, 0.29) is 25.0 Å². The molecule has 8 rings (SSSR count). The monoisotopic (exact) mass is 683 g/mol. The number of nitrogens with zero attached hydrogens (tertiary/aromatic N) is 2. The number of hydrogen-bond donors (Lipinski definition) is 4. The molecular formula is C38H41N3O9. The van der Waals surface area contributed by atoms with Gasteiger partial charge in [0.25, 0.3) is 0 Å². The molecule has 4 aliphatic heterocycles. The highest BCUT2D eigenvalue weighted by atomic mass is 16.7. The number of piperidine rings is 3. The van der Waals surface area contributed by atoms with Crippen LogP contribution in [0.4, 0.5) is 4.79 Å². The van der Waals surface area contributed by atoms with Crippen molar-refractivity contribution in [3.05, 3.63) is 108 Å². The Labute approximate surface area is 289 Å². The molecule has 4 aromatic rings. The number of carbonyl (C=O) groups excluding carboxylic acids is 1. The normalized spacial score (nSPS) is 22.0. The maximum atomic E-state index is 11.9. The molecule has 7 atom stereocenters. The number of nitrogens with one attached hydrogen (secondary N) is 1. The lowest BCUT2D eigenvalue weighted by Crippen LogP contribution is -2.54. The van der Waals surface area contributed by atoms with Crippen LogP contribution in [0.1, 0.15) is 41.7 Å². The van der Waals surface area contributed by atoms with E-state index in [0.29, 0.717) is 23.3 Å². The Hall–Kier alpha value is -5.17. The van der Waals surface area contributed by atoms with Crippen LogP contribution in [0.15, 0.2) is 91.6 Å². The van der Waals surface area contributed by atoms with Crippen LogP contribution >= 0.6 is 0 Å². The Morgan fingerprint density at radius 1 is 1.08 bits per heavy atom. The first-order chi connectivity index (χ1) is 24.2. The second-order valence-electron chi connectivity index (χ2n) is 12.6. The Balaban J connectivity index is 0.000000173. The number of aliphatic hydroxyl groups excluding tert-OH is 2. The van der Waals surface area contributed by atoms with Crippen molar-refractivity contribution in [2.75, 3.05) is 27.0 Å². The summed E-state index contributed by atoms with van der Waals surface area (Å²) in [4.78, 5) is 30.2. The van der Waals surface area contributed by atoms with Crippen molar-refractivity contribution >= 4 is 23.0 Å². The van der Waals surface area contributed by atoms with Crippen molar-refractivity contribution in [3.63, 3.8) is 0 Å². The first-order valence-electron chi connectivity index (χ1n) is 16.5. The van der Waals surface area contributed by atoms with E-state index < -0.39 is 30.3 Å². The zero-order chi connectivity index (χ0) is 35.2. The van der Waals surface area contributed by atoms with Crippen molar-refractivity contribution < 1.29 is 43.9 Å². The molecular weight excluding hydrogens is 642 g/mol. The van der Waals surface area contributed by atoms with Gasteiger partial charge in [-0.1, -0.05) is 42.5 Å². The van der Waals surface area contributed by atoms with Crippen LogP contribution in [0, 0.1) is 11.8 Å². The van der Waals surface area contributed by atoms with Crippen molar-refractivity contribution in [2.24, 2.45) is 11.8 Å². The van der Waals surface area contributed by atoms with Crippen LogP contribution in [-0.4, -0.2) is 76.3 Å². The van der Waals surface area contributed by atoms with Crippen LogP contribution in [-0.2, 0) is 16.1 Å². The Morgan fingerprint density at radius 2 is 1.88 bits per heavy atom. The maximum Gasteiger partial charge on any atom is 0.408 e. The summed E-state index contributed by atoms with van der Waals surface area (Å²) >= 11 is 0. The van der Waals surface area contributed by atoms with Crippen molar-refractivity contribution in [1.29, 1.82) is 0 Å². The number of alkyl carbamates (subject to hydrolysis) is 1. The van der Waals surface area contributed by atoms with Gasteiger partial charge in [-0.25, -0.2) is 9.59 Å². The number of rotatable bonds is 10. The average Bonchev–Trinajstić information content (AvgIpc) is 3.64. The fourth-order valence-corrected chi connectivity index (χ4v) is 6.90. The molecule has 0 aliphatic carbocycles. The highest BCUT2D eigenvalue weighted by molar-refractivity contribution is 5.84. The lowest BCUT2D eigenvalue weighted by molar-refractivity contribution is -0.142. The van der Waals surface area contributed by atoms with Crippen LogP contribution in [0.25, 0.3) is 10.9 Å². The molecule has 2 bridgehead atoms. The number of carbonyl (C=O) groups is 2. The SMILES string of the molecule is C=C[C@H]1C[N@]2CC[C@H]1C[C@H]2[C@H](O)c1ccnc2ccc(OC)cc12.O=C(N[C@@H](C(=O)O)C(O)c1ccc2c(c1)OCO2)OCc1ccccc1. The number of fused-ring (bicyclic) bond motifs is 5. The number of carboxylic acids is 1. The Kier molecular flexibility index (Phi) is 10.8. The fourth-order valence-electron chi connectivity index (χ4n) is 6.90. The molecule has 1 amide bonds. The van der Waals surface area contributed by atoms with E-state index in [1.54, 1.807) is 43.6 Å². The molecule has 50 heavy (non-hydrogen) atoms. The van der Waals surface area contributed by atoms with Gasteiger partial charge in [0, 0.05) is 24.2 Å². The van der Waals surface area contributed by atoms with Crippen molar-refractivity contribution in [1.82, 2.24) is 15.2 Å². The first-order valence-corrected chi connectivity index (χ1v) is 16.5. The highest BCUT2D eigenvalue weighted by Crippen LogP contribution is 2.42. The second kappa shape index (κ2) is 15.6. The van der Waals surface area contributed by atoms with Gasteiger partial charge in [0.15, 0.2) is 17.5 Å². The third-order valence-corrected chi connectivity index (χ3v) is 9.63. The number of benzene rings is 3. The number of pyridine rings is 1. The van der Waals surface area contributed by atoms with Gasteiger partial charge in [-0.05, 0) is 84.3 Å². The number of amides is 1. The van der Waals surface area contributed by atoms with E-state index in [0.717, 1.165) is 47.3 Å². The minimum Gasteiger partial charge on any atom is -0.497 e. The van der Waals surface area contributed by atoms with Crippen LogP contribution in [0.2, 0.25) is 0 Å². The quantitative estimate of drug-likeness (QED) is 0.167. The molecule has 5 heterocycles. The van der Waals surface area contributed by atoms with E-state index in [1.165, 1.54) is 18.6 Å². The number of ether oxygens (including phenoxy) is 4. The summed E-state index contributed by atoms with van der Waals surface area (Å²) in [7, 11) is 1.66. The number of aromatic nitrogens is 1. The van der Waals surface area contributed by atoms with Crippen LogP contribution in [0.5, 0.6) is 17.2 Å². The first kappa shape index (κ1) is 34.7. The van der Waals surface area contributed by atoms with Gasteiger partial charge in [0.05, 0.1) is 18.7 Å². The molecule has 0 radical (unpaired) electrons. The molecule has 0 saturated carbocycles. The Bertz CT molecular complexity index is 1820. The lowest BCUT2D eigenvalue weighted by Gasteiger charge is -2.50. The molecule has 4 aliphatic rings. The molecule has 12 heteroatoms. The van der Waals surface area contributed by atoms with Gasteiger partial charge in [0.2, 0.25) is 6.79 Å². The third-order valence-electron chi connectivity index (χ3n) is 9.63. The lowest BCUT2D eigenvalue weighted by atomic mass is 9.73. The number of aliphatic carboxylic acids is 1. The largest absolute Gasteiger partial charge is 0.497 e. The van der Waals surface area contributed by atoms with Gasteiger partial charge in [-0.3, -0.25) is 9.88 Å². The minimum atomic E-state index is -1.58. The average molecular weight is 684 g/mol. The highest BCUT2D eigenvalue weighted by Gasteiger charge is 2.42. The van der Waals surface area contributed by atoms with Crippen molar-refractivity contribution in [2.45, 2.75) is 43.7 Å². The summed E-state index contributed by atoms with van der Waals surface area (Å²) in [6.07, 6.45) is 3.18. The van der Waals surface area contributed by atoms with E-state index >= 15 is 0 Å². The molecule has 3 fully saturated rings. The van der Waals surface area contributed by atoms with E-state index in [9.17, 15) is 24.9 Å². The summed E-state index contributed by atoms with van der Waals surface area (Å²) < 4.78 is 20.7. The zero-order valence-corrected chi connectivity index (χ0v) is 27.7. The molecule has 12 nitrogen and oxygen atoms in total. The predicted molar refractivity (Wildman–Crippen MR) is 184 cm³/mol. The smallest absolute Gasteiger partial charge is 0.408 e. The minimum absolute atomic E-state index is 0.0148. The molecule has 3 aromatic carbocycles. The Morgan fingerprint density at radius 3 is 2.60 bits per heavy atom. The summed E-state index contributed by atoms with van der Waals surface area (Å²) in [5, 5.41) is 34.0. The molecule has 4 N–H and O–H groups in total. The van der Waals surface area contributed by atoms with E-state index in [2.05, 4.69) is 27.9 Å². The number of carboxylic acid groups (broad SMARTS) is 1. The van der Waals surface area contributed by atoms with Gasteiger partial charge in [-0.2, -0.15) is 0 Å². The predicted octanol–water partition coefficient (Wildman–Crippen LogP) is 5.00. The van der Waals surface area contributed by atoms with Crippen LogP contribution in [0.3, 0.4) is 0 Å². The molecule has 3 saturated heterocycles. The zero-order valence-electron chi connectivity index (χ0n) is 27.7. The summed E-state index contributed by atoms with van der Waals surface area (Å²) in [6.45, 7) is 6.11. The topological polar surface area (TPSA) is 160 Å². The van der Waals surface area contributed by atoms with Gasteiger partial charge >= 0.3 is 12.1 Å². The van der Waals surface area contributed by atoms with E-state index in [4.69, 9.17) is 18.9 Å². The van der Waals surface area contributed by atoms with Gasteiger partial charge in [0.1, 0.15) is 18.5 Å². The number of aliphatic hydroxyl groups is 2. The molecule has 0 spiro atoms. The summed E-state index contributed by atoms with van der Waals surface area (Å²) in [5.74, 6) is 1.51. The van der Waals surface area contributed by atoms with E-state index in [1.807, 2.05) is 30.3 Å². The summed E-state index contributed by atoms with van der Waals surface area (Å²) in [5.41, 5.74) is 2.87. The molecule has 1 aromatic heterocycles. The van der Waals surface area contributed by atoms with Gasteiger partial charge < -0.3 is 39.6 Å². The molecule has 1 unspecified atom stereocenters. The molecule has 262 valence electrons. The standard InChI is InChI=1S/C20H24N2O2.C18H17NO7/c1-3-13-12-22-9-7-14(13)10-19(22)20(23)16-6-8-21-18-5-4-15(24-2)11-17(16)18;20-16(12-6-7-13-14(8-12)26-10-25-13)15(17(21)22)19-18(23)24-9-11-4-2-1-3-5-11/h3-6,8,11,13-14,19-20,23H,1,7,9-10,12H2,2H3;1-8,15-16,20H,9-10H2,(H,19,23)(H,21,22)/t13-,14-,19-,20+;15-,16?/m01/s1. The second-order valence-corrected chi connectivity index (χ2v) is 12.6. The summed E-state index contributed by atoms with van der Waals surface area (Å²) in [6, 6.07) is 19.9.